The molecule has 3 atom stereocenters. The minimum Gasteiger partial charge on any atom is -0.495 e. The van der Waals surface area contributed by atoms with Gasteiger partial charge in [0, 0.05) is 5.92 Å². The van der Waals surface area contributed by atoms with Crippen LogP contribution in [0.5, 0.6) is 5.75 Å². The average Bonchev–Trinajstić information content (AvgIpc) is 3.01. The monoisotopic (exact) mass is 245 g/mol. The summed E-state index contributed by atoms with van der Waals surface area (Å²) in [7, 11) is 1.63. The molecule has 1 N–H and O–H groups in total. The number of para-hydroxylation sites is 2. The third-order valence-electron chi connectivity index (χ3n) is 4.44. The van der Waals surface area contributed by atoms with E-state index in [9.17, 15) is 4.79 Å². The first kappa shape index (κ1) is 11.6. The van der Waals surface area contributed by atoms with E-state index in [1.807, 2.05) is 24.3 Å². The van der Waals surface area contributed by atoms with Gasteiger partial charge in [-0.2, -0.15) is 0 Å². The maximum Gasteiger partial charge on any atom is 0.227 e. The first-order chi connectivity index (χ1) is 8.78. The minimum atomic E-state index is 0.173. The van der Waals surface area contributed by atoms with Crippen molar-refractivity contribution in [2.24, 2.45) is 17.8 Å². The summed E-state index contributed by atoms with van der Waals surface area (Å²) in [6, 6.07) is 7.59. The molecular formula is C15H19NO2. The largest absolute Gasteiger partial charge is 0.495 e. The van der Waals surface area contributed by atoms with Crippen LogP contribution in [-0.2, 0) is 4.79 Å². The van der Waals surface area contributed by atoms with E-state index in [2.05, 4.69) is 5.32 Å². The third-order valence-corrected chi connectivity index (χ3v) is 4.44. The molecule has 2 aliphatic rings. The Bertz CT molecular complexity index is 458. The molecule has 1 aromatic carbocycles. The van der Waals surface area contributed by atoms with Crippen LogP contribution in [0.25, 0.3) is 0 Å². The Hall–Kier alpha value is -1.51. The molecule has 0 spiro atoms. The Kier molecular flexibility index (Phi) is 2.98. The Morgan fingerprint density at radius 1 is 1.28 bits per heavy atom. The Labute approximate surface area is 108 Å². The van der Waals surface area contributed by atoms with Gasteiger partial charge in [0.2, 0.25) is 5.91 Å². The number of amides is 1. The molecule has 3 rings (SSSR count). The summed E-state index contributed by atoms with van der Waals surface area (Å²) >= 11 is 0. The fourth-order valence-corrected chi connectivity index (χ4v) is 3.54. The van der Waals surface area contributed by atoms with Crippen LogP contribution in [-0.4, -0.2) is 13.0 Å². The standard InChI is InChI=1S/C15H19NO2/c1-18-14-5-3-2-4-13(14)16-15(17)12-9-10-6-7-11(12)8-10/h2-5,10-12H,6-9H2,1H3,(H,16,17)/t10-,11-,12-/m1/s1. The Morgan fingerprint density at radius 3 is 2.78 bits per heavy atom. The normalized spacial score (nSPS) is 29.3. The number of anilines is 1. The van der Waals surface area contributed by atoms with E-state index >= 15 is 0 Å². The highest BCUT2D eigenvalue weighted by Gasteiger charge is 2.43. The molecule has 96 valence electrons. The second-order valence-corrected chi connectivity index (χ2v) is 5.47. The van der Waals surface area contributed by atoms with Crippen LogP contribution in [0.15, 0.2) is 24.3 Å². The van der Waals surface area contributed by atoms with Crippen molar-refractivity contribution in [2.45, 2.75) is 25.7 Å². The van der Waals surface area contributed by atoms with Crippen molar-refractivity contribution in [1.82, 2.24) is 0 Å². The lowest BCUT2D eigenvalue weighted by atomic mass is 9.88. The topological polar surface area (TPSA) is 38.3 Å². The van der Waals surface area contributed by atoms with Gasteiger partial charge in [-0.25, -0.2) is 0 Å². The number of rotatable bonds is 3. The molecule has 2 bridgehead atoms. The van der Waals surface area contributed by atoms with E-state index in [-0.39, 0.29) is 11.8 Å². The quantitative estimate of drug-likeness (QED) is 0.888. The summed E-state index contributed by atoms with van der Waals surface area (Å²) in [5.41, 5.74) is 0.785. The number of ether oxygens (including phenoxy) is 1. The van der Waals surface area contributed by atoms with Gasteiger partial charge in [-0.1, -0.05) is 18.6 Å². The highest BCUT2D eigenvalue weighted by Crippen LogP contribution is 2.48. The van der Waals surface area contributed by atoms with E-state index in [0.717, 1.165) is 23.8 Å². The molecule has 0 aliphatic heterocycles. The summed E-state index contributed by atoms with van der Waals surface area (Å²) in [5, 5.41) is 3.02. The van der Waals surface area contributed by atoms with Crippen molar-refractivity contribution in [3.8, 4) is 5.75 Å². The number of benzene rings is 1. The van der Waals surface area contributed by atoms with E-state index in [4.69, 9.17) is 4.74 Å². The van der Waals surface area contributed by atoms with Crippen molar-refractivity contribution < 1.29 is 9.53 Å². The van der Waals surface area contributed by atoms with Crippen LogP contribution < -0.4 is 10.1 Å². The van der Waals surface area contributed by atoms with Crippen LogP contribution in [0.4, 0.5) is 5.69 Å². The van der Waals surface area contributed by atoms with Gasteiger partial charge in [-0.3, -0.25) is 4.79 Å². The van der Waals surface area contributed by atoms with Gasteiger partial charge in [-0.15, -0.1) is 0 Å². The average molecular weight is 245 g/mol. The van der Waals surface area contributed by atoms with Crippen LogP contribution in [0.1, 0.15) is 25.7 Å². The molecule has 2 saturated carbocycles. The maximum atomic E-state index is 12.3. The molecule has 2 aliphatic carbocycles. The zero-order chi connectivity index (χ0) is 12.5. The lowest BCUT2D eigenvalue weighted by Crippen LogP contribution is -2.27. The van der Waals surface area contributed by atoms with Crippen molar-refractivity contribution >= 4 is 11.6 Å². The summed E-state index contributed by atoms with van der Waals surface area (Å²) in [4.78, 5) is 12.3. The molecule has 2 fully saturated rings. The lowest BCUT2D eigenvalue weighted by Gasteiger charge is -2.21. The Balaban J connectivity index is 1.71. The fraction of sp³-hybridized carbons (Fsp3) is 0.533. The molecule has 0 saturated heterocycles. The van der Waals surface area contributed by atoms with Gasteiger partial charge >= 0.3 is 0 Å². The van der Waals surface area contributed by atoms with Crippen molar-refractivity contribution in [1.29, 1.82) is 0 Å². The number of carbonyl (C=O) groups is 1. The van der Waals surface area contributed by atoms with Crippen molar-refractivity contribution in [3.05, 3.63) is 24.3 Å². The van der Waals surface area contributed by atoms with Gasteiger partial charge in [0.05, 0.1) is 12.8 Å². The van der Waals surface area contributed by atoms with Crippen LogP contribution >= 0.6 is 0 Å². The number of hydrogen-bond donors (Lipinski definition) is 1. The van der Waals surface area contributed by atoms with Crippen molar-refractivity contribution in [3.63, 3.8) is 0 Å². The molecular weight excluding hydrogens is 226 g/mol. The van der Waals surface area contributed by atoms with Crippen LogP contribution in [0, 0.1) is 17.8 Å². The molecule has 1 aromatic rings. The first-order valence-electron chi connectivity index (χ1n) is 6.72. The molecule has 0 unspecified atom stereocenters. The summed E-state index contributed by atoms with van der Waals surface area (Å²) in [5.74, 6) is 2.53. The molecule has 3 heteroatoms. The number of nitrogens with one attached hydrogen (secondary N) is 1. The van der Waals surface area contributed by atoms with E-state index in [1.54, 1.807) is 7.11 Å². The summed E-state index contributed by atoms with van der Waals surface area (Å²) < 4.78 is 5.26. The molecule has 0 aromatic heterocycles. The van der Waals surface area contributed by atoms with Gasteiger partial charge in [0.1, 0.15) is 5.75 Å². The van der Waals surface area contributed by atoms with Gasteiger partial charge in [0.15, 0.2) is 0 Å². The Morgan fingerprint density at radius 2 is 2.11 bits per heavy atom. The highest BCUT2D eigenvalue weighted by atomic mass is 16.5. The smallest absolute Gasteiger partial charge is 0.227 e. The van der Waals surface area contributed by atoms with Gasteiger partial charge in [-0.05, 0) is 43.2 Å². The van der Waals surface area contributed by atoms with Crippen molar-refractivity contribution in [2.75, 3.05) is 12.4 Å². The zero-order valence-corrected chi connectivity index (χ0v) is 10.7. The number of carbonyl (C=O) groups excluding carboxylic acids is 1. The fourth-order valence-electron chi connectivity index (χ4n) is 3.54. The number of hydrogen-bond acceptors (Lipinski definition) is 2. The molecule has 3 nitrogen and oxygen atoms in total. The van der Waals surface area contributed by atoms with Crippen LogP contribution in [0.2, 0.25) is 0 Å². The number of fused-ring (bicyclic) bond motifs is 2. The minimum absolute atomic E-state index is 0.173. The molecule has 1 amide bonds. The first-order valence-corrected chi connectivity index (χ1v) is 6.72. The zero-order valence-electron chi connectivity index (χ0n) is 10.7. The SMILES string of the molecule is COc1ccccc1NC(=O)[C@@H]1C[C@@H]2CC[C@@H]1C2. The maximum absolute atomic E-state index is 12.3. The highest BCUT2D eigenvalue weighted by molar-refractivity contribution is 5.94. The van der Waals surface area contributed by atoms with Crippen LogP contribution in [0.3, 0.4) is 0 Å². The van der Waals surface area contributed by atoms with E-state index in [0.29, 0.717) is 5.92 Å². The number of methoxy groups -OCH3 is 1. The summed E-state index contributed by atoms with van der Waals surface area (Å²) in [6.07, 6.45) is 4.88. The molecule has 18 heavy (non-hydrogen) atoms. The molecule has 0 radical (unpaired) electrons. The summed E-state index contributed by atoms with van der Waals surface area (Å²) in [6.45, 7) is 0. The van der Waals surface area contributed by atoms with Gasteiger partial charge < -0.3 is 10.1 Å². The van der Waals surface area contributed by atoms with E-state index in [1.165, 1.54) is 19.3 Å². The predicted molar refractivity (Wildman–Crippen MR) is 70.6 cm³/mol. The van der Waals surface area contributed by atoms with Gasteiger partial charge in [0.25, 0.3) is 0 Å². The lowest BCUT2D eigenvalue weighted by molar-refractivity contribution is -0.121. The predicted octanol–water partition coefficient (Wildman–Crippen LogP) is 3.07. The second kappa shape index (κ2) is 4.63. The molecule has 0 heterocycles. The third kappa shape index (κ3) is 1.98. The van der Waals surface area contributed by atoms with E-state index < -0.39 is 0 Å². The second-order valence-electron chi connectivity index (χ2n) is 5.47.